The number of benzene rings is 2. The van der Waals surface area contributed by atoms with Crippen LogP contribution < -0.4 is 16.0 Å². The molecule has 3 rings (SSSR count). The Hall–Kier alpha value is -3.65. The Kier molecular flexibility index (Phi) is 7.27. The fraction of sp³-hybridized carbons (Fsp3) is 0.174. The lowest BCUT2D eigenvalue weighted by Gasteiger charge is -2.18. The van der Waals surface area contributed by atoms with Gasteiger partial charge >= 0.3 is 0 Å². The minimum Gasteiger partial charge on any atom is -0.469 e. The van der Waals surface area contributed by atoms with Crippen molar-refractivity contribution in [3.63, 3.8) is 0 Å². The lowest BCUT2D eigenvalue weighted by atomic mass is 10.0. The molecule has 0 aliphatic carbocycles. The van der Waals surface area contributed by atoms with Crippen LogP contribution in [0.2, 0.25) is 5.02 Å². The van der Waals surface area contributed by atoms with E-state index in [1.54, 1.807) is 31.2 Å². The van der Waals surface area contributed by atoms with Gasteiger partial charge in [-0.05, 0) is 48.9 Å². The predicted molar refractivity (Wildman–Crippen MR) is 119 cm³/mol. The van der Waals surface area contributed by atoms with Gasteiger partial charge in [0.1, 0.15) is 11.6 Å². The second kappa shape index (κ2) is 10.1. The first-order valence-corrected chi connectivity index (χ1v) is 10.1. The van der Waals surface area contributed by atoms with Crippen molar-refractivity contribution in [2.24, 2.45) is 0 Å². The van der Waals surface area contributed by atoms with E-state index in [0.717, 1.165) is 6.07 Å². The summed E-state index contributed by atoms with van der Waals surface area (Å²) in [6.07, 6.45) is 1.30. The SMILES string of the molecule is CC(=O)NC(CC(=O)Nc1ccc(F)c(NC(=O)c2ccoc2C)c1)c1ccc(Cl)cc1. The van der Waals surface area contributed by atoms with Gasteiger partial charge in [0.15, 0.2) is 0 Å². The molecule has 2 aromatic carbocycles. The Morgan fingerprint density at radius 3 is 2.41 bits per heavy atom. The van der Waals surface area contributed by atoms with E-state index < -0.39 is 23.7 Å². The van der Waals surface area contributed by atoms with Crippen molar-refractivity contribution in [2.75, 3.05) is 10.6 Å². The lowest BCUT2D eigenvalue weighted by Crippen LogP contribution is -2.29. The van der Waals surface area contributed by atoms with Gasteiger partial charge in [-0.15, -0.1) is 0 Å². The van der Waals surface area contributed by atoms with E-state index in [4.69, 9.17) is 16.0 Å². The van der Waals surface area contributed by atoms with Crippen LogP contribution in [0.25, 0.3) is 0 Å². The maximum atomic E-state index is 14.2. The van der Waals surface area contributed by atoms with Crippen LogP contribution in [0.4, 0.5) is 15.8 Å². The molecule has 3 aromatic rings. The zero-order valence-electron chi connectivity index (χ0n) is 17.4. The molecule has 1 aromatic heterocycles. The summed E-state index contributed by atoms with van der Waals surface area (Å²) < 4.78 is 19.3. The zero-order chi connectivity index (χ0) is 23.3. The highest BCUT2D eigenvalue weighted by molar-refractivity contribution is 6.30. The highest BCUT2D eigenvalue weighted by Gasteiger charge is 2.18. The first kappa shape index (κ1) is 23.0. The Balaban J connectivity index is 1.71. The fourth-order valence-corrected chi connectivity index (χ4v) is 3.23. The van der Waals surface area contributed by atoms with Crippen LogP contribution in [-0.4, -0.2) is 17.7 Å². The summed E-state index contributed by atoms with van der Waals surface area (Å²) in [5.41, 5.74) is 1.18. The molecule has 3 amide bonds. The van der Waals surface area contributed by atoms with Gasteiger partial charge in [-0.25, -0.2) is 4.39 Å². The number of carbonyl (C=O) groups is 3. The third kappa shape index (κ3) is 5.95. The zero-order valence-corrected chi connectivity index (χ0v) is 18.1. The maximum Gasteiger partial charge on any atom is 0.259 e. The highest BCUT2D eigenvalue weighted by Crippen LogP contribution is 2.23. The molecule has 0 fully saturated rings. The van der Waals surface area contributed by atoms with Crippen molar-refractivity contribution in [3.05, 3.63) is 82.5 Å². The van der Waals surface area contributed by atoms with Gasteiger partial charge in [0, 0.05) is 17.6 Å². The van der Waals surface area contributed by atoms with Crippen LogP contribution in [0, 0.1) is 12.7 Å². The van der Waals surface area contributed by atoms with Gasteiger partial charge in [0.05, 0.1) is 30.0 Å². The molecule has 1 heterocycles. The number of amides is 3. The number of hydrogen-bond acceptors (Lipinski definition) is 4. The molecule has 0 saturated carbocycles. The maximum absolute atomic E-state index is 14.2. The standard InChI is InChI=1S/C23H21ClFN3O4/c1-13-18(9-10-32-13)23(31)28-21-11-17(7-8-19(21)25)27-22(30)12-20(26-14(2)29)15-3-5-16(24)6-4-15/h3-11,20H,12H2,1-2H3,(H,26,29)(H,27,30)(H,28,31). The number of furan rings is 1. The number of halogens is 2. The van der Waals surface area contributed by atoms with Gasteiger partial charge in [0.25, 0.3) is 5.91 Å². The van der Waals surface area contributed by atoms with Crippen molar-refractivity contribution in [1.29, 1.82) is 0 Å². The highest BCUT2D eigenvalue weighted by atomic mass is 35.5. The minimum atomic E-state index is -0.658. The monoisotopic (exact) mass is 457 g/mol. The number of hydrogen-bond donors (Lipinski definition) is 3. The van der Waals surface area contributed by atoms with Gasteiger partial charge in [-0.1, -0.05) is 23.7 Å². The van der Waals surface area contributed by atoms with Crippen molar-refractivity contribution in [3.8, 4) is 0 Å². The van der Waals surface area contributed by atoms with Gasteiger partial charge in [-0.3, -0.25) is 14.4 Å². The molecular formula is C23H21ClFN3O4. The van der Waals surface area contributed by atoms with Gasteiger partial charge in [0.2, 0.25) is 11.8 Å². The molecule has 0 aliphatic rings. The first-order valence-electron chi connectivity index (χ1n) is 9.70. The first-order chi connectivity index (χ1) is 15.2. The van der Waals surface area contributed by atoms with E-state index in [-0.39, 0.29) is 29.3 Å². The summed E-state index contributed by atoms with van der Waals surface area (Å²) in [5, 5.41) is 8.40. The Labute approximate surface area is 188 Å². The average Bonchev–Trinajstić information content (AvgIpc) is 3.16. The van der Waals surface area contributed by atoms with Crippen molar-refractivity contribution < 1.29 is 23.2 Å². The summed E-state index contributed by atoms with van der Waals surface area (Å²) in [6, 6.07) is 11.5. The van der Waals surface area contributed by atoms with E-state index in [0.29, 0.717) is 16.3 Å². The number of carbonyl (C=O) groups excluding carboxylic acids is 3. The molecule has 0 aliphatic heterocycles. The summed E-state index contributed by atoms with van der Waals surface area (Å²) in [7, 11) is 0. The third-order valence-electron chi connectivity index (χ3n) is 4.64. The smallest absolute Gasteiger partial charge is 0.259 e. The molecule has 0 saturated heterocycles. The van der Waals surface area contributed by atoms with Crippen molar-refractivity contribution >= 4 is 40.7 Å². The number of aryl methyl sites for hydroxylation is 1. The summed E-state index contributed by atoms with van der Waals surface area (Å²) >= 11 is 5.91. The van der Waals surface area contributed by atoms with Crippen molar-refractivity contribution in [2.45, 2.75) is 26.3 Å². The van der Waals surface area contributed by atoms with Crippen LogP contribution >= 0.6 is 11.6 Å². The molecule has 0 radical (unpaired) electrons. The van der Waals surface area contributed by atoms with E-state index in [2.05, 4.69) is 16.0 Å². The Bertz CT molecular complexity index is 1140. The largest absolute Gasteiger partial charge is 0.469 e. The second-order valence-electron chi connectivity index (χ2n) is 7.10. The predicted octanol–water partition coefficient (Wildman–Crippen LogP) is 4.84. The normalized spacial score (nSPS) is 11.5. The minimum absolute atomic E-state index is 0.0610. The van der Waals surface area contributed by atoms with E-state index >= 15 is 0 Å². The lowest BCUT2D eigenvalue weighted by molar-refractivity contribution is -0.120. The summed E-state index contributed by atoms with van der Waals surface area (Å²) in [6.45, 7) is 2.98. The molecule has 7 nitrogen and oxygen atoms in total. The fourth-order valence-electron chi connectivity index (χ4n) is 3.10. The molecule has 1 atom stereocenters. The van der Waals surface area contributed by atoms with E-state index in [1.807, 2.05) is 0 Å². The summed E-state index contributed by atoms with van der Waals surface area (Å²) in [4.78, 5) is 36.5. The molecule has 166 valence electrons. The summed E-state index contributed by atoms with van der Waals surface area (Å²) in [5.74, 6) is -1.49. The molecule has 9 heteroatoms. The van der Waals surface area contributed by atoms with Crippen LogP contribution in [0.1, 0.15) is 41.1 Å². The molecule has 0 spiro atoms. The molecule has 0 bridgehead atoms. The van der Waals surface area contributed by atoms with Crippen LogP contribution in [0.3, 0.4) is 0 Å². The van der Waals surface area contributed by atoms with E-state index in [9.17, 15) is 18.8 Å². The number of anilines is 2. The molecule has 3 N–H and O–H groups in total. The molecule has 32 heavy (non-hydrogen) atoms. The van der Waals surface area contributed by atoms with Gasteiger partial charge in [-0.2, -0.15) is 0 Å². The Morgan fingerprint density at radius 1 is 1.06 bits per heavy atom. The second-order valence-corrected chi connectivity index (χ2v) is 7.53. The third-order valence-corrected chi connectivity index (χ3v) is 4.89. The molecular weight excluding hydrogens is 437 g/mol. The van der Waals surface area contributed by atoms with E-state index in [1.165, 1.54) is 31.4 Å². The quantitative estimate of drug-likeness (QED) is 0.472. The topological polar surface area (TPSA) is 100 Å². The Morgan fingerprint density at radius 2 is 1.78 bits per heavy atom. The van der Waals surface area contributed by atoms with Crippen molar-refractivity contribution in [1.82, 2.24) is 5.32 Å². The van der Waals surface area contributed by atoms with Crippen LogP contribution in [0.15, 0.2) is 59.2 Å². The van der Waals surface area contributed by atoms with Crippen LogP contribution in [-0.2, 0) is 9.59 Å². The average molecular weight is 458 g/mol. The van der Waals surface area contributed by atoms with Crippen LogP contribution in [0.5, 0.6) is 0 Å². The van der Waals surface area contributed by atoms with Gasteiger partial charge < -0.3 is 20.4 Å². The number of nitrogens with one attached hydrogen (secondary N) is 3. The number of rotatable bonds is 7. The molecule has 1 unspecified atom stereocenters.